The number of hydrogen-bond acceptors (Lipinski definition) is 3. The standard InChI is InChI=1S/C14H30N2O/c1-12(2)16(5)10-6-9-15-11-13-7-8-14(3,4)17-13/h12-13,15H,6-11H2,1-5H3. The minimum atomic E-state index is 0.101. The van der Waals surface area contributed by atoms with Crippen LogP contribution in [0.5, 0.6) is 0 Å². The Balaban J connectivity index is 1.98. The third-order valence-corrected chi connectivity index (χ3v) is 3.67. The minimum Gasteiger partial charge on any atom is -0.371 e. The number of ether oxygens (including phenoxy) is 1. The molecule has 1 heterocycles. The smallest absolute Gasteiger partial charge is 0.0707 e. The van der Waals surface area contributed by atoms with E-state index >= 15 is 0 Å². The lowest BCUT2D eigenvalue weighted by Crippen LogP contribution is -2.32. The summed E-state index contributed by atoms with van der Waals surface area (Å²) in [5, 5.41) is 3.51. The number of nitrogens with one attached hydrogen (secondary N) is 1. The summed E-state index contributed by atoms with van der Waals surface area (Å²) in [7, 11) is 2.19. The Labute approximate surface area is 107 Å². The Kier molecular flexibility index (Phi) is 5.90. The topological polar surface area (TPSA) is 24.5 Å². The highest BCUT2D eigenvalue weighted by Gasteiger charge is 2.30. The lowest BCUT2D eigenvalue weighted by atomic mass is 10.1. The lowest BCUT2D eigenvalue weighted by molar-refractivity contribution is -0.0141. The van der Waals surface area contributed by atoms with Gasteiger partial charge in [-0.2, -0.15) is 0 Å². The second-order valence-corrected chi connectivity index (χ2v) is 6.17. The van der Waals surface area contributed by atoms with Crippen LogP contribution in [0.15, 0.2) is 0 Å². The van der Waals surface area contributed by atoms with Crippen molar-refractivity contribution < 1.29 is 4.74 Å². The zero-order chi connectivity index (χ0) is 12.9. The van der Waals surface area contributed by atoms with Gasteiger partial charge in [0.1, 0.15) is 0 Å². The predicted octanol–water partition coefficient (Wildman–Crippen LogP) is 2.26. The van der Waals surface area contributed by atoms with Crippen molar-refractivity contribution in [1.29, 1.82) is 0 Å². The van der Waals surface area contributed by atoms with E-state index in [1.54, 1.807) is 0 Å². The van der Waals surface area contributed by atoms with Crippen LogP contribution in [-0.4, -0.2) is 49.3 Å². The quantitative estimate of drug-likeness (QED) is 0.693. The van der Waals surface area contributed by atoms with Gasteiger partial charge in [-0.25, -0.2) is 0 Å². The molecule has 3 heteroatoms. The van der Waals surface area contributed by atoms with Crippen molar-refractivity contribution in [3.63, 3.8) is 0 Å². The normalized spacial score (nSPS) is 23.8. The van der Waals surface area contributed by atoms with Crippen LogP contribution in [0.3, 0.4) is 0 Å². The summed E-state index contributed by atoms with van der Waals surface area (Å²) < 4.78 is 5.94. The molecule has 0 bridgehead atoms. The zero-order valence-electron chi connectivity index (χ0n) is 12.3. The van der Waals surface area contributed by atoms with Gasteiger partial charge in [0.05, 0.1) is 11.7 Å². The molecule has 0 aromatic rings. The van der Waals surface area contributed by atoms with Crippen molar-refractivity contribution in [2.75, 3.05) is 26.7 Å². The molecule has 102 valence electrons. The maximum atomic E-state index is 5.94. The molecule has 1 unspecified atom stereocenters. The van der Waals surface area contributed by atoms with E-state index < -0.39 is 0 Å². The summed E-state index contributed by atoms with van der Waals surface area (Å²) in [6.45, 7) is 12.1. The molecular formula is C14H30N2O. The first-order chi connectivity index (χ1) is 7.91. The molecule has 3 nitrogen and oxygen atoms in total. The van der Waals surface area contributed by atoms with Gasteiger partial charge in [0.2, 0.25) is 0 Å². The Morgan fingerprint density at radius 2 is 2.12 bits per heavy atom. The van der Waals surface area contributed by atoms with Crippen molar-refractivity contribution in [2.45, 2.75) is 64.7 Å². The summed E-state index contributed by atoms with van der Waals surface area (Å²) in [5.74, 6) is 0. The van der Waals surface area contributed by atoms with Gasteiger partial charge in [-0.1, -0.05) is 0 Å². The second-order valence-electron chi connectivity index (χ2n) is 6.17. The van der Waals surface area contributed by atoms with E-state index in [1.165, 1.54) is 25.8 Å². The molecule has 0 aliphatic carbocycles. The summed E-state index contributed by atoms with van der Waals surface area (Å²) >= 11 is 0. The van der Waals surface area contributed by atoms with Crippen LogP contribution >= 0.6 is 0 Å². The molecule has 1 rings (SSSR count). The van der Waals surface area contributed by atoms with Crippen LogP contribution in [0, 0.1) is 0 Å². The van der Waals surface area contributed by atoms with Crippen LogP contribution in [0.2, 0.25) is 0 Å². The molecule has 1 atom stereocenters. The van der Waals surface area contributed by atoms with E-state index in [0.717, 1.165) is 13.1 Å². The van der Waals surface area contributed by atoms with Gasteiger partial charge in [0.15, 0.2) is 0 Å². The fourth-order valence-corrected chi connectivity index (χ4v) is 2.20. The highest BCUT2D eigenvalue weighted by atomic mass is 16.5. The molecule has 0 aromatic heterocycles. The number of hydrogen-bond donors (Lipinski definition) is 1. The molecule has 1 aliphatic rings. The third-order valence-electron chi connectivity index (χ3n) is 3.67. The molecule has 1 N–H and O–H groups in total. The Hall–Kier alpha value is -0.120. The van der Waals surface area contributed by atoms with Gasteiger partial charge in [-0.3, -0.25) is 0 Å². The number of nitrogens with zero attached hydrogens (tertiary/aromatic N) is 1. The first-order valence-electron chi connectivity index (χ1n) is 6.99. The lowest BCUT2D eigenvalue weighted by Gasteiger charge is -2.21. The van der Waals surface area contributed by atoms with Crippen molar-refractivity contribution in [2.24, 2.45) is 0 Å². The second kappa shape index (κ2) is 6.72. The van der Waals surface area contributed by atoms with Gasteiger partial charge < -0.3 is 15.0 Å². The van der Waals surface area contributed by atoms with Crippen molar-refractivity contribution in [1.82, 2.24) is 10.2 Å². The van der Waals surface area contributed by atoms with Crippen LogP contribution in [0.1, 0.15) is 47.0 Å². The largest absolute Gasteiger partial charge is 0.371 e. The van der Waals surface area contributed by atoms with E-state index in [1.807, 2.05) is 0 Å². The SMILES string of the molecule is CC(C)N(C)CCCNCC1CCC(C)(C)O1. The van der Waals surface area contributed by atoms with Gasteiger partial charge >= 0.3 is 0 Å². The third kappa shape index (κ3) is 5.84. The first kappa shape index (κ1) is 14.9. The molecule has 1 saturated heterocycles. The Bertz CT molecular complexity index is 216. The molecule has 0 saturated carbocycles. The number of rotatable bonds is 7. The van der Waals surface area contributed by atoms with Crippen molar-refractivity contribution in [3.8, 4) is 0 Å². The molecule has 1 aliphatic heterocycles. The van der Waals surface area contributed by atoms with E-state index in [2.05, 4.69) is 45.0 Å². The Morgan fingerprint density at radius 3 is 2.65 bits per heavy atom. The summed E-state index contributed by atoms with van der Waals surface area (Å²) in [6, 6.07) is 0.647. The van der Waals surface area contributed by atoms with Crippen molar-refractivity contribution >= 4 is 0 Å². The summed E-state index contributed by atoms with van der Waals surface area (Å²) in [4.78, 5) is 2.39. The fourth-order valence-electron chi connectivity index (χ4n) is 2.20. The fraction of sp³-hybridized carbons (Fsp3) is 1.00. The van der Waals surface area contributed by atoms with Crippen LogP contribution in [-0.2, 0) is 4.74 Å². The highest BCUT2D eigenvalue weighted by molar-refractivity contribution is 4.81. The molecule has 1 fully saturated rings. The summed E-state index contributed by atoms with van der Waals surface area (Å²) in [6.07, 6.45) is 4.03. The van der Waals surface area contributed by atoms with Gasteiger partial charge in [-0.15, -0.1) is 0 Å². The molecular weight excluding hydrogens is 212 g/mol. The molecule has 0 spiro atoms. The molecule has 0 aromatic carbocycles. The predicted molar refractivity (Wildman–Crippen MR) is 73.4 cm³/mol. The van der Waals surface area contributed by atoms with Gasteiger partial charge in [0.25, 0.3) is 0 Å². The van der Waals surface area contributed by atoms with Crippen LogP contribution in [0.25, 0.3) is 0 Å². The zero-order valence-corrected chi connectivity index (χ0v) is 12.3. The van der Waals surface area contributed by atoms with Gasteiger partial charge in [-0.05, 0) is 67.1 Å². The maximum Gasteiger partial charge on any atom is 0.0707 e. The van der Waals surface area contributed by atoms with E-state index in [-0.39, 0.29) is 5.60 Å². The Morgan fingerprint density at radius 1 is 1.41 bits per heavy atom. The van der Waals surface area contributed by atoms with Gasteiger partial charge in [0, 0.05) is 12.6 Å². The van der Waals surface area contributed by atoms with E-state index in [0.29, 0.717) is 12.1 Å². The van der Waals surface area contributed by atoms with Crippen LogP contribution in [0.4, 0.5) is 0 Å². The molecule has 17 heavy (non-hydrogen) atoms. The maximum absolute atomic E-state index is 5.94. The summed E-state index contributed by atoms with van der Waals surface area (Å²) in [5.41, 5.74) is 0.101. The molecule has 0 amide bonds. The van der Waals surface area contributed by atoms with E-state index in [9.17, 15) is 0 Å². The van der Waals surface area contributed by atoms with E-state index in [4.69, 9.17) is 4.74 Å². The highest BCUT2D eigenvalue weighted by Crippen LogP contribution is 2.28. The minimum absolute atomic E-state index is 0.101. The monoisotopic (exact) mass is 242 g/mol. The first-order valence-corrected chi connectivity index (χ1v) is 6.99. The van der Waals surface area contributed by atoms with Crippen LogP contribution < -0.4 is 5.32 Å². The molecule has 0 radical (unpaired) electrons. The average molecular weight is 242 g/mol. The van der Waals surface area contributed by atoms with Crippen molar-refractivity contribution in [3.05, 3.63) is 0 Å². The average Bonchev–Trinajstić information content (AvgIpc) is 2.57.